The van der Waals surface area contributed by atoms with Crippen LogP contribution in [-0.2, 0) is 0 Å². The standard InChI is InChI=1S/C19H16FN5/c1-12-6-8-14(9-7-12)18-23-19-21-13(2)10-17(25(19)24-18)22-16-5-3-4-15(20)11-16/h3-11,22H,1-2H3. The number of nitrogens with zero attached hydrogens (tertiary/aromatic N) is 4. The lowest BCUT2D eigenvalue weighted by Gasteiger charge is -2.08. The summed E-state index contributed by atoms with van der Waals surface area (Å²) < 4.78 is 15.1. The van der Waals surface area contributed by atoms with Crippen LogP contribution in [0.2, 0.25) is 0 Å². The molecule has 2 aromatic heterocycles. The largest absolute Gasteiger partial charge is 0.340 e. The molecule has 6 heteroatoms. The summed E-state index contributed by atoms with van der Waals surface area (Å²) in [4.78, 5) is 8.95. The number of fused-ring (bicyclic) bond motifs is 1. The van der Waals surface area contributed by atoms with Gasteiger partial charge < -0.3 is 5.32 Å². The van der Waals surface area contributed by atoms with Crippen LogP contribution < -0.4 is 5.32 Å². The monoisotopic (exact) mass is 333 g/mol. The minimum atomic E-state index is -0.300. The minimum absolute atomic E-state index is 0.300. The molecule has 0 amide bonds. The summed E-state index contributed by atoms with van der Waals surface area (Å²) in [6.45, 7) is 3.92. The maximum Gasteiger partial charge on any atom is 0.254 e. The number of aryl methyl sites for hydroxylation is 2. The lowest BCUT2D eigenvalue weighted by Crippen LogP contribution is -2.02. The number of halogens is 1. The Morgan fingerprint density at radius 2 is 1.76 bits per heavy atom. The Balaban J connectivity index is 1.80. The first kappa shape index (κ1) is 15.3. The Morgan fingerprint density at radius 1 is 0.960 bits per heavy atom. The molecule has 1 N–H and O–H groups in total. The van der Waals surface area contributed by atoms with E-state index in [1.807, 2.05) is 44.2 Å². The minimum Gasteiger partial charge on any atom is -0.340 e. The van der Waals surface area contributed by atoms with Gasteiger partial charge in [-0.05, 0) is 32.0 Å². The maximum absolute atomic E-state index is 13.4. The molecule has 0 saturated heterocycles. The second-order valence-corrected chi connectivity index (χ2v) is 5.93. The van der Waals surface area contributed by atoms with Gasteiger partial charge >= 0.3 is 0 Å². The fourth-order valence-corrected chi connectivity index (χ4v) is 2.61. The molecule has 2 heterocycles. The molecule has 0 aliphatic carbocycles. The summed E-state index contributed by atoms with van der Waals surface area (Å²) in [5, 5.41) is 7.74. The first-order valence-electron chi connectivity index (χ1n) is 7.92. The number of hydrogen-bond acceptors (Lipinski definition) is 4. The Bertz CT molecular complexity index is 1050. The van der Waals surface area contributed by atoms with E-state index in [4.69, 9.17) is 0 Å². The second kappa shape index (κ2) is 5.98. The van der Waals surface area contributed by atoms with Crippen molar-refractivity contribution in [3.63, 3.8) is 0 Å². The van der Waals surface area contributed by atoms with Crippen LogP contribution in [0.5, 0.6) is 0 Å². The average molecular weight is 333 g/mol. The quantitative estimate of drug-likeness (QED) is 0.608. The Hall–Kier alpha value is -3.28. The van der Waals surface area contributed by atoms with E-state index >= 15 is 0 Å². The highest BCUT2D eigenvalue weighted by Crippen LogP contribution is 2.22. The SMILES string of the molecule is Cc1ccc(-c2nc3nc(C)cc(Nc4cccc(F)c4)n3n2)cc1. The predicted octanol–water partition coefficient (Wildman–Crippen LogP) is 4.29. The number of hydrogen-bond donors (Lipinski definition) is 1. The third-order valence-electron chi connectivity index (χ3n) is 3.85. The highest BCUT2D eigenvalue weighted by molar-refractivity contribution is 5.62. The van der Waals surface area contributed by atoms with E-state index < -0.39 is 0 Å². The van der Waals surface area contributed by atoms with Gasteiger partial charge in [0.2, 0.25) is 0 Å². The zero-order valence-electron chi connectivity index (χ0n) is 13.9. The van der Waals surface area contributed by atoms with E-state index in [2.05, 4.69) is 20.4 Å². The third-order valence-corrected chi connectivity index (χ3v) is 3.85. The van der Waals surface area contributed by atoms with Gasteiger partial charge in [-0.25, -0.2) is 9.37 Å². The molecule has 0 bridgehead atoms. The van der Waals surface area contributed by atoms with Gasteiger partial charge in [0, 0.05) is 23.0 Å². The average Bonchev–Trinajstić information content (AvgIpc) is 2.99. The van der Waals surface area contributed by atoms with Crippen molar-refractivity contribution >= 4 is 17.3 Å². The molecule has 25 heavy (non-hydrogen) atoms. The number of benzene rings is 2. The lowest BCUT2D eigenvalue weighted by atomic mass is 10.1. The number of rotatable bonds is 3. The van der Waals surface area contributed by atoms with E-state index in [0.29, 0.717) is 23.1 Å². The van der Waals surface area contributed by atoms with Crippen molar-refractivity contribution < 1.29 is 4.39 Å². The van der Waals surface area contributed by atoms with Crippen molar-refractivity contribution in [2.24, 2.45) is 0 Å². The zero-order chi connectivity index (χ0) is 17.4. The van der Waals surface area contributed by atoms with Crippen molar-refractivity contribution in [1.82, 2.24) is 19.6 Å². The van der Waals surface area contributed by atoms with Gasteiger partial charge in [0.25, 0.3) is 5.78 Å². The fraction of sp³-hybridized carbons (Fsp3) is 0.105. The van der Waals surface area contributed by atoms with Crippen LogP contribution in [0.15, 0.2) is 54.6 Å². The molecule has 0 fully saturated rings. The molecule has 124 valence electrons. The van der Waals surface area contributed by atoms with Gasteiger partial charge in [0.1, 0.15) is 11.6 Å². The number of aromatic nitrogens is 4. The number of anilines is 2. The molecular formula is C19H16FN5. The predicted molar refractivity (Wildman–Crippen MR) is 95.4 cm³/mol. The molecule has 4 rings (SSSR count). The van der Waals surface area contributed by atoms with Crippen LogP contribution in [0.25, 0.3) is 17.2 Å². The van der Waals surface area contributed by atoms with Crippen LogP contribution in [-0.4, -0.2) is 19.6 Å². The summed E-state index contributed by atoms with van der Waals surface area (Å²) in [7, 11) is 0. The van der Waals surface area contributed by atoms with Crippen LogP contribution >= 0.6 is 0 Å². The molecule has 0 unspecified atom stereocenters. The fourth-order valence-electron chi connectivity index (χ4n) is 2.61. The highest BCUT2D eigenvalue weighted by Gasteiger charge is 2.12. The maximum atomic E-state index is 13.4. The lowest BCUT2D eigenvalue weighted by molar-refractivity contribution is 0.628. The molecule has 0 spiro atoms. The summed E-state index contributed by atoms with van der Waals surface area (Å²) in [6.07, 6.45) is 0. The Kier molecular flexibility index (Phi) is 3.65. The molecule has 5 nitrogen and oxygen atoms in total. The molecule has 0 saturated carbocycles. The molecule has 0 atom stereocenters. The van der Waals surface area contributed by atoms with Gasteiger partial charge in [-0.2, -0.15) is 9.50 Å². The molecular weight excluding hydrogens is 317 g/mol. The van der Waals surface area contributed by atoms with E-state index in [1.165, 1.54) is 17.7 Å². The summed E-state index contributed by atoms with van der Waals surface area (Å²) >= 11 is 0. The highest BCUT2D eigenvalue weighted by atomic mass is 19.1. The van der Waals surface area contributed by atoms with E-state index in [-0.39, 0.29) is 5.82 Å². The normalized spacial score (nSPS) is 11.0. The van der Waals surface area contributed by atoms with Crippen molar-refractivity contribution in [2.45, 2.75) is 13.8 Å². The van der Waals surface area contributed by atoms with Crippen molar-refractivity contribution in [2.75, 3.05) is 5.32 Å². The van der Waals surface area contributed by atoms with Crippen molar-refractivity contribution in [3.05, 3.63) is 71.7 Å². The van der Waals surface area contributed by atoms with Gasteiger partial charge in [-0.1, -0.05) is 35.9 Å². The van der Waals surface area contributed by atoms with E-state index in [0.717, 1.165) is 11.3 Å². The van der Waals surface area contributed by atoms with Gasteiger partial charge in [-0.3, -0.25) is 0 Å². The van der Waals surface area contributed by atoms with E-state index in [9.17, 15) is 4.39 Å². The van der Waals surface area contributed by atoms with Crippen LogP contribution in [0, 0.1) is 19.7 Å². The van der Waals surface area contributed by atoms with Gasteiger partial charge in [-0.15, -0.1) is 5.10 Å². The van der Waals surface area contributed by atoms with Crippen LogP contribution in [0.3, 0.4) is 0 Å². The number of nitrogens with one attached hydrogen (secondary N) is 1. The molecule has 0 aliphatic rings. The van der Waals surface area contributed by atoms with Gasteiger partial charge in [0.05, 0.1) is 0 Å². The molecule has 0 aliphatic heterocycles. The second-order valence-electron chi connectivity index (χ2n) is 5.93. The van der Waals surface area contributed by atoms with Crippen LogP contribution in [0.1, 0.15) is 11.3 Å². The smallest absolute Gasteiger partial charge is 0.254 e. The van der Waals surface area contributed by atoms with E-state index in [1.54, 1.807) is 16.6 Å². The Labute approximate surface area is 144 Å². The first-order valence-corrected chi connectivity index (χ1v) is 7.92. The third kappa shape index (κ3) is 3.06. The summed E-state index contributed by atoms with van der Waals surface area (Å²) in [6, 6.07) is 16.1. The van der Waals surface area contributed by atoms with Gasteiger partial charge in [0.15, 0.2) is 5.82 Å². The summed E-state index contributed by atoms with van der Waals surface area (Å²) in [5.74, 6) is 1.47. The Morgan fingerprint density at radius 3 is 2.52 bits per heavy atom. The molecule has 0 radical (unpaired) electrons. The van der Waals surface area contributed by atoms with Crippen molar-refractivity contribution in [3.8, 4) is 11.4 Å². The van der Waals surface area contributed by atoms with Crippen LogP contribution in [0.4, 0.5) is 15.9 Å². The van der Waals surface area contributed by atoms with Crippen molar-refractivity contribution in [1.29, 1.82) is 0 Å². The topological polar surface area (TPSA) is 55.1 Å². The summed E-state index contributed by atoms with van der Waals surface area (Å²) in [5.41, 5.74) is 3.54. The zero-order valence-corrected chi connectivity index (χ0v) is 13.9. The molecule has 4 aromatic rings. The molecule has 2 aromatic carbocycles. The first-order chi connectivity index (χ1) is 12.1.